The smallest absolute Gasteiger partial charge is 0.309 e. The maximum Gasteiger partial charge on any atom is 0.309 e. The molecule has 6 heteroatoms. The second kappa shape index (κ2) is 5.98. The molecule has 20 heavy (non-hydrogen) atoms. The van der Waals surface area contributed by atoms with Gasteiger partial charge in [0.25, 0.3) is 0 Å². The lowest BCUT2D eigenvalue weighted by molar-refractivity contribution is -0.146. The van der Waals surface area contributed by atoms with Gasteiger partial charge in [0.15, 0.2) is 5.15 Å². The fraction of sp³-hybridized carbons (Fsp3) is 0.714. The van der Waals surface area contributed by atoms with Gasteiger partial charge in [0.1, 0.15) is 5.82 Å². The Kier molecular flexibility index (Phi) is 4.26. The van der Waals surface area contributed by atoms with Gasteiger partial charge in [0.2, 0.25) is 0 Å². The zero-order valence-electron chi connectivity index (χ0n) is 11.6. The molecule has 0 bridgehead atoms. The van der Waals surface area contributed by atoms with Crippen LogP contribution in [0.3, 0.4) is 0 Å². The number of esters is 1. The third kappa shape index (κ3) is 2.58. The van der Waals surface area contributed by atoms with Crippen LogP contribution < -0.4 is 0 Å². The second-order valence-electron chi connectivity index (χ2n) is 5.46. The molecule has 3 heterocycles. The lowest BCUT2D eigenvalue weighted by atomic mass is 9.95. The van der Waals surface area contributed by atoms with Gasteiger partial charge in [0, 0.05) is 18.9 Å². The highest BCUT2D eigenvalue weighted by Crippen LogP contribution is 2.36. The number of nitrogens with zero attached hydrogens (tertiary/aromatic N) is 2. The fourth-order valence-corrected chi connectivity index (χ4v) is 4.55. The zero-order valence-corrected chi connectivity index (χ0v) is 13.2. The minimum Gasteiger partial charge on any atom is -0.469 e. The summed E-state index contributed by atoms with van der Waals surface area (Å²) in [6.07, 6.45) is 3.83. The van der Waals surface area contributed by atoms with Crippen molar-refractivity contribution >= 4 is 29.3 Å². The summed E-state index contributed by atoms with van der Waals surface area (Å²) >= 11 is 8.32. The Morgan fingerprint density at radius 1 is 1.40 bits per heavy atom. The highest BCUT2D eigenvalue weighted by Gasteiger charge is 2.32. The predicted molar refractivity (Wildman–Crippen MR) is 80.4 cm³/mol. The number of thioether (sulfide) groups is 1. The maximum absolute atomic E-state index is 11.7. The summed E-state index contributed by atoms with van der Waals surface area (Å²) in [6, 6.07) is 0. The minimum atomic E-state index is -0.135. The average molecular weight is 315 g/mol. The second-order valence-corrected chi connectivity index (χ2v) is 7.04. The Bertz CT molecular complexity index is 512. The summed E-state index contributed by atoms with van der Waals surface area (Å²) in [5, 5.41) is 0.576. The Morgan fingerprint density at radius 2 is 2.15 bits per heavy atom. The Morgan fingerprint density at radius 3 is 2.85 bits per heavy atom. The van der Waals surface area contributed by atoms with Crippen LogP contribution in [-0.4, -0.2) is 34.1 Å². The van der Waals surface area contributed by atoms with Crippen molar-refractivity contribution in [3.8, 4) is 0 Å². The monoisotopic (exact) mass is 314 g/mol. The average Bonchev–Trinajstić information content (AvgIpc) is 2.84. The number of hydrogen-bond donors (Lipinski definition) is 0. The van der Waals surface area contributed by atoms with Gasteiger partial charge in [-0.15, -0.1) is 0 Å². The van der Waals surface area contributed by atoms with Crippen LogP contribution in [0.15, 0.2) is 0 Å². The first-order valence-corrected chi connectivity index (χ1v) is 8.64. The molecule has 1 unspecified atom stereocenters. The number of rotatable bonds is 2. The number of methoxy groups -OCH3 is 1. The quantitative estimate of drug-likeness (QED) is 0.787. The first-order chi connectivity index (χ1) is 9.70. The van der Waals surface area contributed by atoms with Gasteiger partial charge in [-0.2, -0.15) is 11.8 Å². The number of hydrogen-bond acceptors (Lipinski definition) is 4. The Balaban J connectivity index is 1.85. The minimum absolute atomic E-state index is 0.0727. The summed E-state index contributed by atoms with van der Waals surface area (Å²) in [7, 11) is 1.45. The normalized spacial score (nSPS) is 23.4. The standard InChI is InChI=1S/C14H19ClN2O2S/c1-19-14(18)10-2-5-17-11(8-10)12(15)16-13(17)9-3-6-20-7-4-9/h9-10H,2-8H2,1H3. The predicted octanol–water partition coefficient (Wildman–Crippen LogP) is 2.88. The van der Waals surface area contributed by atoms with E-state index in [0.29, 0.717) is 17.5 Å². The van der Waals surface area contributed by atoms with Crippen molar-refractivity contribution in [3.63, 3.8) is 0 Å². The van der Waals surface area contributed by atoms with E-state index in [9.17, 15) is 4.79 Å². The van der Waals surface area contributed by atoms with E-state index in [4.69, 9.17) is 16.3 Å². The van der Waals surface area contributed by atoms with Crippen molar-refractivity contribution in [1.29, 1.82) is 0 Å². The molecular weight excluding hydrogens is 296 g/mol. The van der Waals surface area contributed by atoms with Crippen LogP contribution >= 0.6 is 23.4 Å². The van der Waals surface area contributed by atoms with Gasteiger partial charge in [-0.3, -0.25) is 4.79 Å². The number of halogens is 1. The van der Waals surface area contributed by atoms with Crippen LogP contribution in [0.1, 0.15) is 36.7 Å². The molecule has 0 N–H and O–H groups in total. The third-order valence-electron chi connectivity index (χ3n) is 4.32. The molecule has 1 aromatic heterocycles. The highest BCUT2D eigenvalue weighted by atomic mass is 35.5. The molecule has 2 aliphatic heterocycles. The summed E-state index contributed by atoms with van der Waals surface area (Å²) < 4.78 is 7.11. The summed E-state index contributed by atoms with van der Waals surface area (Å²) in [5.41, 5.74) is 1.02. The van der Waals surface area contributed by atoms with Crippen LogP contribution in [0.5, 0.6) is 0 Å². The molecule has 2 aliphatic rings. The molecule has 3 rings (SSSR count). The molecule has 1 atom stereocenters. The van der Waals surface area contributed by atoms with E-state index < -0.39 is 0 Å². The molecule has 0 spiro atoms. The van der Waals surface area contributed by atoms with E-state index in [1.54, 1.807) is 0 Å². The van der Waals surface area contributed by atoms with Gasteiger partial charge in [-0.1, -0.05) is 11.6 Å². The van der Waals surface area contributed by atoms with Gasteiger partial charge in [0.05, 0.1) is 18.7 Å². The van der Waals surface area contributed by atoms with Crippen molar-refractivity contribution in [2.24, 2.45) is 5.92 Å². The zero-order chi connectivity index (χ0) is 14.1. The molecule has 1 aromatic rings. The van der Waals surface area contributed by atoms with Gasteiger partial charge >= 0.3 is 5.97 Å². The summed E-state index contributed by atoms with van der Waals surface area (Å²) in [5.74, 6) is 3.86. The third-order valence-corrected chi connectivity index (χ3v) is 5.67. The highest BCUT2D eigenvalue weighted by molar-refractivity contribution is 7.99. The van der Waals surface area contributed by atoms with Crippen molar-refractivity contribution in [2.75, 3.05) is 18.6 Å². The molecule has 0 aliphatic carbocycles. The van der Waals surface area contributed by atoms with Crippen molar-refractivity contribution in [1.82, 2.24) is 9.55 Å². The van der Waals surface area contributed by atoms with Crippen LogP contribution in [-0.2, 0) is 22.5 Å². The topological polar surface area (TPSA) is 44.1 Å². The van der Waals surface area contributed by atoms with Crippen molar-refractivity contribution in [2.45, 2.75) is 38.1 Å². The van der Waals surface area contributed by atoms with Crippen molar-refractivity contribution in [3.05, 3.63) is 16.7 Å². The van der Waals surface area contributed by atoms with E-state index in [1.165, 1.54) is 31.5 Å². The van der Waals surface area contributed by atoms with E-state index in [-0.39, 0.29) is 11.9 Å². The molecular formula is C14H19ClN2O2S. The molecule has 0 saturated carbocycles. The number of carbonyl (C=O) groups is 1. The Labute approximate surface area is 128 Å². The van der Waals surface area contributed by atoms with E-state index in [0.717, 1.165) is 24.5 Å². The molecule has 4 nitrogen and oxygen atoms in total. The van der Waals surface area contributed by atoms with E-state index in [1.807, 2.05) is 11.8 Å². The number of carbonyl (C=O) groups excluding carboxylic acids is 1. The van der Waals surface area contributed by atoms with Crippen LogP contribution in [0, 0.1) is 5.92 Å². The summed E-state index contributed by atoms with van der Waals surface area (Å²) in [4.78, 5) is 16.3. The van der Waals surface area contributed by atoms with Crippen LogP contribution in [0.2, 0.25) is 5.15 Å². The lowest BCUT2D eigenvalue weighted by Crippen LogP contribution is -2.28. The SMILES string of the molecule is COC(=O)C1CCn2c(C3CCSCC3)nc(Cl)c2C1. The molecule has 0 radical (unpaired) electrons. The first kappa shape index (κ1) is 14.3. The maximum atomic E-state index is 11.7. The van der Waals surface area contributed by atoms with Crippen LogP contribution in [0.4, 0.5) is 0 Å². The molecule has 1 fully saturated rings. The molecule has 110 valence electrons. The fourth-order valence-electron chi connectivity index (χ4n) is 3.17. The number of ether oxygens (including phenoxy) is 1. The van der Waals surface area contributed by atoms with Crippen LogP contribution in [0.25, 0.3) is 0 Å². The first-order valence-electron chi connectivity index (χ1n) is 7.11. The van der Waals surface area contributed by atoms with Gasteiger partial charge in [-0.25, -0.2) is 4.98 Å². The van der Waals surface area contributed by atoms with Gasteiger partial charge in [-0.05, 0) is 30.8 Å². The summed E-state index contributed by atoms with van der Waals surface area (Å²) in [6.45, 7) is 0.827. The van der Waals surface area contributed by atoms with Gasteiger partial charge < -0.3 is 9.30 Å². The largest absolute Gasteiger partial charge is 0.469 e. The van der Waals surface area contributed by atoms with E-state index >= 15 is 0 Å². The lowest BCUT2D eigenvalue weighted by Gasteiger charge is -2.26. The van der Waals surface area contributed by atoms with Crippen molar-refractivity contribution < 1.29 is 9.53 Å². The number of fused-ring (bicyclic) bond motifs is 1. The molecule has 0 aromatic carbocycles. The van der Waals surface area contributed by atoms with E-state index in [2.05, 4.69) is 9.55 Å². The molecule has 0 amide bonds. The number of imidazole rings is 1. The number of aromatic nitrogens is 2. The molecule has 1 saturated heterocycles. The Hall–Kier alpha value is -0.680.